The number of rotatable bonds is 5. The Morgan fingerprint density at radius 1 is 1.28 bits per heavy atom. The standard InChI is InChI=1S/C20H25N7O2/c1-12(2)27-20(22-11-23-27)16-10-26-7-8-29-17-9-14(25(4)13(3)18(21)28)5-6-15(17)19(26)24-16/h5-6,9-13H,7-8H2,1-4H3,(H2,21,28). The summed E-state index contributed by atoms with van der Waals surface area (Å²) in [5, 5.41) is 4.31. The van der Waals surface area contributed by atoms with Gasteiger partial charge >= 0.3 is 0 Å². The van der Waals surface area contributed by atoms with Gasteiger partial charge in [-0.3, -0.25) is 4.79 Å². The number of likely N-dealkylation sites (N-methyl/N-ethyl adjacent to an activating group) is 1. The molecular formula is C20H25N7O2. The fraction of sp³-hybridized carbons (Fsp3) is 0.400. The second-order valence-corrected chi connectivity index (χ2v) is 7.48. The first-order valence-electron chi connectivity index (χ1n) is 9.63. The van der Waals surface area contributed by atoms with Gasteiger partial charge < -0.3 is 19.9 Å². The van der Waals surface area contributed by atoms with Gasteiger partial charge in [-0.05, 0) is 32.9 Å². The Balaban J connectivity index is 1.74. The quantitative estimate of drug-likeness (QED) is 0.709. The molecule has 0 radical (unpaired) electrons. The van der Waals surface area contributed by atoms with Crippen LogP contribution < -0.4 is 15.4 Å². The lowest BCUT2D eigenvalue weighted by Crippen LogP contribution is -2.40. The molecule has 1 aliphatic heterocycles. The third-order valence-corrected chi connectivity index (χ3v) is 5.26. The van der Waals surface area contributed by atoms with Gasteiger partial charge in [0.15, 0.2) is 5.82 Å². The Labute approximate surface area is 169 Å². The van der Waals surface area contributed by atoms with E-state index in [0.29, 0.717) is 13.2 Å². The molecular weight excluding hydrogens is 370 g/mol. The smallest absolute Gasteiger partial charge is 0.239 e. The van der Waals surface area contributed by atoms with Crippen molar-refractivity contribution in [3.05, 3.63) is 30.7 Å². The minimum atomic E-state index is -0.421. The van der Waals surface area contributed by atoms with E-state index in [1.54, 1.807) is 13.3 Å². The zero-order valence-corrected chi connectivity index (χ0v) is 17.0. The van der Waals surface area contributed by atoms with Gasteiger partial charge in [-0.2, -0.15) is 5.10 Å². The highest BCUT2D eigenvalue weighted by Crippen LogP contribution is 2.36. The summed E-state index contributed by atoms with van der Waals surface area (Å²) < 4.78 is 9.92. The average Bonchev–Trinajstić information content (AvgIpc) is 3.30. The number of imidazole rings is 1. The van der Waals surface area contributed by atoms with Gasteiger partial charge in [0.1, 0.15) is 36.2 Å². The lowest BCUT2D eigenvalue weighted by molar-refractivity contribution is -0.118. The number of hydrogen-bond acceptors (Lipinski definition) is 6. The average molecular weight is 395 g/mol. The van der Waals surface area contributed by atoms with Crippen LogP contribution in [0.2, 0.25) is 0 Å². The maximum atomic E-state index is 11.5. The SMILES string of the molecule is CC(C(N)=O)N(C)c1ccc2c(c1)OCCn1cc(-c3ncnn3C(C)C)nc1-2. The van der Waals surface area contributed by atoms with Crippen LogP contribution in [0.25, 0.3) is 22.9 Å². The fourth-order valence-corrected chi connectivity index (χ4v) is 3.42. The number of benzene rings is 1. The van der Waals surface area contributed by atoms with Gasteiger partial charge in [0.2, 0.25) is 5.91 Å². The molecule has 1 atom stereocenters. The molecule has 0 spiro atoms. The number of carbonyl (C=O) groups is 1. The fourth-order valence-electron chi connectivity index (χ4n) is 3.42. The Kier molecular flexibility index (Phi) is 4.73. The lowest BCUT2D eigenvalue weighted by atomic mass is 10.1. The summed E-state index contributed by atoms with van der Waals surface area (Å²) in [4.78, 5) is 22.6. The molecule has 1 aliphatic rings. The molecule has 0 saturated heterocycles. The first-order valence-corrected chi connectivity index (χ1v) is 9.63. The van der Waals surface area contributed by atoms with Crippen molar-refractivity contribution in [3.63, 3.8) is 0 Å². The van der Waals surface area contributed by atoms with Gasteiger partial charge in [0, 0.05) is 31.0 Å². The van der Waals surface area contributed by atoms with Gasteiger partial charge in [0.25, 0.3) is 0 Å². The van der Waals surface area contributed by atoms with Crippen molar-refractivity contribution in [1.29, 1.82) is 0 Å². The summed E-state index contributed by atoms with van der Waals surface area (Å²) in [5.74, 6) is 1.92. The maximum absolute atomic E-state index is 11.5. The summed E-state index contributed by atoms with van der Waals surface area (Å²) in [5.41, 5.74) is 7.98. The van der Waals surface area contributed by atoms with E-state index in [2.05, 4.69) is 28.5 Å². The molecule has 1 amide bonds. The monoisotopic (exact) mass is 395 g/mol. The van der Waals surface area contributed by atoms with Crippen LogP contribution in [0.3, 0.4) is 0 Å². The largest absolute Gasteiger partial charge is 0.491 e. The third-order valence-electron chi connectivity index (χ3n) is 5.26. The van der Waals surface area contributed by atoms with Gasteiger partial charge in [-0.15, -0.1) is 0 Å². The molecule has 152 valence electrons. The number of hydrogen-bond donors (Lipinski definition) is 1. The van der Waals surface area contributed by atoms with E-state index in [4.69, 9.17) is 15.5 Å². The second kappa shape index (κ2) is 7.23. The molecule has 1 aromatic carbocycles. The Morgan fingerprint density at radius 3 is 2.79 bits per heavy atom. The Hall–Kier alpha value is -3.36. The van der Waals surface area contributed by atoms with E-state index >= 15 is 0 Å². The van der Waals surface area contributed by atoms with Gasteiger partial charge in [-0.1, -0.05) is 0 Å². The van der Waals surface area contributed by atoms with E-state index in [-0.39, 0.29) is 11.9 Å². The summed E-state index contributed by atoms with van der Waals surface area (Å²) in [6, 6.07) is 5.61. The molecule has 29 heavy (non-hydrogen) atoms. The Bertz CT molecular complexity index is 1050. The molecule has 0 fully saturated rings. The van der Waals surface area contributed by atoms with Crippen LogP contribution in [0.1, 0.15) is 26.8 Å². The van der Waals surface area contributed by atoms with E-state index in [1.807, 2.05) is 41.0 Å². The molecule has 4 rings (SSSR count). The van der Waals surface area contributed by atoms with Crippen molar-refractivity contribution in [2.24, 2.45) is 5.73 Å². The predicted octanol–water partition coefficient (Wildman–Crippen LogP) is 2.09. The molecule has 0 bridgehead atoms. The molecule has 3 aromatic rings. The highest BCUT2D eigenvalue weighted by Gasteiger charge is 2.23. The molecule has 0 saturated carbocycles. The van der Waals surface area contributed by atoms with Crippen LogP contribution in [0.4, 0.5) is 5.69 Å². The number of aromatic nitrogens is 5. The highest BCUT2D eigenvalue weighted by molar-refractivity contribution is 5.83. The molecule has 1 unspecified atom stereocenters. The van der Waals surface area contributed by atoms with Crippen molar-refractivity contribution in [2.45, 2.75) is 39.4 Å². The van der Waals surface area contributed by atoms with E-state index in [0.717, 1.165) is 34.3 Å². The number of amides is 1. The van der Waals surface area contributed by atoms with Crippen molar-refractivity contribution in [3.8, 4) is 28.7 Å². The number of ether oxygens (including phenoxy) is 1. The first-order chi connectivity index (χ1) is 13.9. The van der Waals surface area contributed by atoms with Crippen LogP contribution >= 0.6 is 0 Å². The maximum Gasteiger partial charge on any atom is 0.239 e. The van der Waals surface area contributed by atoms with E-state index < -0.39 is 6.04 Å². The van der Waals surface area contributed by atoms with Gasteiger partial charge in [0.05, 0.1) is 12.1 Å². The van der Waals surface area contributed by atoms with Crippen LogP contribution in [0, 0.1) is 0 Å². The summed E-state index contributed by atoms with van der Waals surface area (Å²) in [7, 11) is 1.84. The van der Waals surface area contributed by atoms with Crippen LogP contribution in [0.15, 0.2) is 30.7 Å². The minimum Gasteiger partial charge on any atom is -0.491 e. The lowest BCUT2D eigenvalue weighted by Gasteiger charge is -2.25. The van der Waals surface area contributed by atoms with E-state index in [9.17, 15) is 4.79 Å². The molecule has 9 nitrogen and oxygen atoms in total. The summed E-state index contributed by atoms with van der Waals surface area (Å²) >= 11 is 0. The topological polar surface area (TPSA) is 104 Å². The molecule has 2 N–H and O–H groups in total. The van der Waals surface area contributed by atoms with Gasteiger partial charge in [-0.25, -0.2) is 14.6 Å². The third kappa shape index (κ3) is 3.32. The normalized spacial score (nSPS) is 14.0. The number of carbonyl (C=O) groups excluding carboxylic acids is 1. The van der Waals surface area contributed by atoms with E-state index in [1.165, 1.54) is 0 Å². The van der Waals surface area contributed by atoms with Crippen molar-refractivity contribution >= 4 is 11.6 Å². The molecule has 3 heterocycles. The molecule has 9 heteroatoms. The zero-order valence-electron chi connectivity index (χ0n) is 17.0. The number of primary amides is 1. The summed E-state index contributed by atoms with van der Waals surface area (Å²) in [6.45, 7) is 7.10. The number of nitrogens with zero attached hydrogens (tertiary/aromatic N) is 6. The van der Waals surface area contributed by atoms with Crippen LogP contribution in [-0.2, 0) is 11.3 Å². The minimum absolute atomic E-state index is 0.190. The zero-order chi connectivity index (χ0) is 20.7. The van der Waals surface area contributed by atoms with Crippen molar-refractivity contribution in [1.82, 2.24) is 24.3 Å². The predicted molar refractivity (Wildman–Crippen MR) is 110 cm³/mol. The highest BCUT2D eigenvalue weighted by atomic mass is 16.5. The Morgan fingerprint density at radius 2 is 2.07 bits per heavy atom. The van der Waals surface area contributed by atoms with Crippen molar-refractivity contribution < 1.29 is 9.53 Å². The first kappa shape index (κ1) is 19.0. The van der Waals surface area contributed by atoms with Crippen molar-refractivity contribution in [2.75, 3.05) is 18.6 Å². The molecule has 0 aliphatic carbocycles. The number of anilines is 1. The second-order valence-electron chi connectivity index (χ2n) is 7.48. The number of nitrogens with two attached hydrogens (primary N) is 1. The van der Waals surface area contributed by atoms with Crippen LogP contribution in [-0.4, -0.2) is 49.9 Å². The summed E-state index contributed by atoms with van der Waals surface area (Å²) in [6.07, 6.45) is 3.55. The number of fused-ring (bicyclic) bond motifs is 3. The van der Waals surface area contributed by atoms with Crippen LogP contribution in [0.5, 0.6) is 5.75 Å². The molecule has 2 aromatic heterocycles.